The molecule has 2 nitrogen and oxygen atoms in total. The van der Waals surface area contributed by atoms with E-state index in [1.54, 1.807) is 25.1 Å². The smallest absolute Gasteiger partial charge is 0.138 e. The zero-order valence-electron chi connectivity index (χ0n) is 7.67. The molecule has 76 valence electrons. The molecule has 1 aromatic rings. The van der Waals surface area contributed by atoms with Gasteiger partial charge in [0.2, 0.25) is 0 Å². The van der Waals surface area contributed by atoms with Crippen molar-refractivity contribution >= 4 is 29.5 Å². The molecule has 0 saturated heterocycles. The topological polar surface area (TPSA) is 26.3 Å². The molecule has 0 fully saturated rings. The van der Waals surface area contributed by atoms with E-state index in [0.29, 0.717) is 22.2 Å². The van der Waals surface area contributed by atoms with Crippen LogP contribution in [0, 0.1) is 0 Å². The Balaban J connectivity index is 2.71. The van der Waals surface area contributed by atoms with E-state index in [2.05, 4.69) is 0 Å². The first-order chi connectivity index (χ1) is 6.63. The predicted octanol–water partition coefficient (Wildman–Crippen LogP) is 3.35. The summed E-state index contributed by atoms with van der Waals surface area (Å²) in [7, 11) is 0. The number of ether oxygens (including phenoxy) is 1. The maximum atomic E-state index is 10.2. The summed E-state index contributed by atoms with van der Waals surface area (Å²) in [4.78, 5) is 10.2. The van der Waals surface area contributed by atoms with Gasteiger partial charge < -0.3 is 9.53 Å². The molecule has 1 atom stereocenters. The predicted molar refractivity (Wildman–Crippen MR) is 57.2 cm³/mol. The van der Waals surface area contributed by atoms with Gasteiger partial charge in [0.15, 0.2) is 0 Å². The van der Waals surface area contributed by atoms with Crippen LogP contribution >= 0.6 is 23.2 Å². The summed E-state index contributed by atoms with van der Waals surface area (Å²) in [5, 5.41) is 1.01. The van der Waals surface area contributed by atoms with Crippen molar-refractivity contribution in [2.45, 2.75) is 19.4 Å². The van der Waals surface area contributed by atoms with E-state index in [-0.39, 0.29) is 6.10 Å². The molecule has 1 aromatic carbocycles. The molecule has 0 bridgehead atoms. The molecule has 0 aliphatic rings. The number of halogens is 2. The van der Waals surface area contributed by atoms with Gasteiger partial charge in [-0.1, -0.05) is 23.2 Å². The SMILES string of the molecule is CC(CC=O)Oc1ccc(Cl)cc1Cl. The quantitative estimate of drug-likeness (QED) is 0.745. The highest BCUT2D eigenvalue weighted by molar-refractivity contribution is 6.35. The Kier molecular flexibility index (Phi) is 4.23. The molecule has 1 unspecified atom stereocenters. The van der Waals surface area contributed by atoms with E-state index in [9.17, 15) is 4.79 Å². The number of carbonyl (C=O) groups is 1. The van der Waals surface area contributed by atoms with Crippen LogP contribution in [0.4, 0.5) is 0 Å². The Morgan fingerprint density at radius 3 is 2.79 bits per heavy atom. The lowest BCUT2D eigenvalue weighted by molar-refractivity contribution is -0.109. The summed E-state index contributed by atoms with van der Waals surface area (Å²) in [5.74, 6) is 0.547. The van der Waals surface area contributed by atoms with Crippen molar-refractivity contribution in [3.05, 3.63) is 28.2 Å². The summed E-state index contributed by atoms with van der Waals surface area (Å²) in [5.41, 5.74) is 0. The minimum Gasteiger partial charge on any atom is -0.489 e. The van der Waals surface area contributed by atoms with Gasteiger partial charge in [-0.05, 0) is 25.1 Å². The molecule has 0 spiro atoms. The number of benzene rings is 1. The van der Waals surface area contributed by atoms with Gasteiger partial charge in [0.1, 0.15) is 18.1 Å². The Bertz CT molecular complexity index is 326. The molecule has 0 N–H and O–H groups in total. The normalized spacial score (nSPS) is 12.2. The highest BCUT2D eigenvalue weighted by atomic mass is 35.5. The van der Waals surface area contributed by atoms with Gasteiger partial charge in [-0.15, -0.1) is 0 Å². The number of carbonyl (C=O) groups excluding carboxylic acids is 1. The molecule has 4 heteroatoms. The summed E-state index contributed by atoms with van der Waals surface area (Å²) < 4.78 is 5.42. The maximum Gasteiger partial charge on any atom is 0.138 e. The van der Waals surface area contributed by atoms with E-state index >= 15 is 0 Å². The Morgan fingerprint density at radius 1 is 1.50 bits per heavy atom. The molecule has 0 radical (unpaired) electrons. The second-order valence-electron chi connectivity index (χ2n) is 2.91. The van der Waals surface area contributed by atoms with E-state index in [1.165, 1.54) is 0 Å². The van der Waals surface area contributed by atoms with Crippen molar-refractivity contribution in [1.29, 1.82) is 0 Å². The number of aldehydes is 1. The van der Waals surface area contributed by atoms with E-state index in [4.69, 9.17) is 27.9 Å². The van der Waals surface area contributed by atoms with E-state index in [1.807, 2.05) is 0 Å². The number of hydrogen-bond donors (Lipinski definition) is 0. The summed E-state index contributed by atoms with van der Waals surface area (Å²) in [6, 6.07) is 4.98. The monoisotopic (exact) mass is 232 g/mol. The zero-order chi connectivity index (χ0) is 10.6. The van der Waals surface area contributed by atoms with Gasteiger partial charge in [0.25, 0.3) is 0 Å². The fourth-order valence-corrected chi connectivity index (χ4v) is 1.42. The summed E-state index contributed by atoms with van der Waals surface area (Å²) in [6.45, 7) is 1.80. The number of hydrogen-bond acceptors (Lipinski definition) is 2. The van der Waals surface area contributed by atoms with Crippen molar-refractivity contribution in [2.24, 2.45) is 0 Å². The van der Waals surface area contributed by atoms with Gasteiger partial charge in [0.05, 0.1) is 5.02 Å². The van der Waals surface area contributed by atoms with Crippen LogP contribution in [0.2, 0.25) is 10.0 Å². The first kappa shape index (κ1) is 11.3. The van der Waals surface area contributed by atoms with Gasteiger partial charge >= 0.3 is 0 Å². The third kappa shape index (κ3) is 3.20. The summed E-state index contributed by atoms with van der Waals surface area (Å²) >= 11 is 11.6. The molecular formula is C10H10Cl2O2. The van der Waals surface area contributed by atoms with Crippen LogP contribution in [-0.4, -0.2) is 12.4 Å². The highest BCUT2D eigenvalue weighted by Gasteiger charge is 2.06. The maximum absolute atomic E-state index is 10.2. The van der Waals surface area contributed by atoms with Crippen LogP contribution in [0.5, 0.6) is 5.75 Å². The van der Waals surface area contributed by atoms with Gasteiger partial charge in [-0.2, -0.15) is 0 Å². The van der Waals surface area contributed by atoms with Crippen LogP contribution in [0.3, 0.4) is 0 Å². The average molecular weight is 233 g/mol. The molecule has 0 aliphatic heterocycles. The Hall–Kier alpha value is -0.730. The Labute approximate surface area is 92.8 Å². The molecule has 0 saturated carbocycles. The lowest BCUT2D eigenvalue weighted by Gasteiger charge is -2.13. The van der Waals surface area contributed by atoms with E-state index < -0.39 is 0 Å². The van der Waals surface area contributed by atoms with Crippen LogP contribution in [0.15, 0.2) is 18.2 Å². The van der Waals surface area contributed by atoms with Crippen molar-refractivity contribution in [1.82, 2.24) is 0 Å². The van der Waals surface area contributed by atoms with Crippen molar-refractivity contribution < 1.29 is 9.53 Å². The lowest BCUT2D eigenvalue weighted by atomic mass is 10.3. The van der Waals surface area contributed by atoms with Crippen molar-refractivity contribution in [3.63, 3.8) is 0 Å². The molecule has 0 amide bonds. The molecule has 0 aromatic heterocycles. The second kappa shape index (κ2) is 5.23. The summed E-state index contributed by atoms with van der Waals surface area (Å²) in [6.07, 6.45) is 0.985. The molecule has 1 rings (SSSR count). The fourth-order valence-electron chi connectivity index (χ4n) is 0.971. The molecule has 14 heavy (non-hydrogen) atoms. The zero-order valence-corrected chi connectivity index (χ0v) is 9.18. The van der Waals surface area contributed by atoms with Gasteiger partial charge in [-0.3, -0.25) is 0 Å². The highest BCUT2D eigenvalue weighted by Crippen LogP contribution is 2.28. The molecule has 0 aliphatic carbocycles. The van der Waals surface area contributed by atoms with Gasteiger partial charge in [-0.25, -0.2) is 0 Å². The van der Waals surface area contributed by atoms with Crippen LogP contribution < -0.4 is 4.74 Å². The van der Waals surface area contributed by atoms with E-state index in [0.717, 1.165) is 6.29 Å². The third-order valence-corrected chi connectivity index (χ3v) is 2.18. The van der Waals surface area contributed by atoms with Crippen LogP contribution in [0.25, 0.3) is 0 Å². The standard InChI is InChI=1S/C10H10Cl2O2/c1-7(4-5-13)14-10-3-2-8(11)6-9(10)12/h2-3,5-7H,4H2,1H3. The first-order valence-electron chi connectivity index (χ1n) is 4.19. The van der Waals surface area contributed by atoms with Crippen LogP contribution in [0.1, 0.15) is 13.3 Å². The van der Waals surface area contributed by atoms with Crippen molar-refractivity contribution in [2.75, 3.05) is 0 Å². The number of rotatable bonds is 4. The van der Waals surface area contributed by atoms with Gasteiger partial charge in [0, 0.05) is 11.4 Å². The third-order valence-electron chi connectivity index (χ3n) is 1.65. The minimum atomic E-state index is -0.175. The first-order valence-corrected chi connectivity index (χ1v) is 4.94. The minimum absolute atomic E-state index is 0.175. The van der Waals surface area contributed by atoms with Crippen LogP contribution in [-0.2, 0) is 4.79 Å². The fraction of sp³-hybridized carbons (Fsp3) is 0.300. The largest absolute Gasteiger partial charge is 0.489 e. The second-order valence-corrected chi connectivity index (χ2v) is 3.75. The molecular weight excluding hydrogens is 223 g/mol. The Morgan fingerprint density at radius 2 is 2.21 bits per heavy atom. The molecule has 0 heterocycles. The van der Waals surface area contributed by atoms with Crippen molar-refractivity contribution in [3.8, 4) is 5.75 Å². The lowest BCUT2D eigenvalue weighted by Crippen LogP contribution is -2.12. The average Bonchev–Trinajstić information content (AvgIpc) is 2.10.